The fourth-order valence-corrected chi connectivity index (χ4v) is 22.1. The molecule has 1 aliphatic rings. The van der Waals surface area contributed by atoms with Crippen LogP contribution in [0.4, 0.5) is 51.2 Å². The van der Waals surface area contributed by atoms with Gasteiger partial charge in [0.2, 0.25) is 0 Å². The maximum Gasteiger partial charge on any atom is 0.136 e. The van der Waals surface area contributed by atoms with Crippen molar-refractivity contribution < 1.29 is 13.3 Å². The van der Waals surface area contributed by atoms with Crippen LogP contribution in [0.25, 0.3) is 197 Å². The Balaban J connectivity index is 0.000000108. The standard InChI is InChI=1S/C47H33NO.C44H29NO.C42H27NO/c1-47(2)41-18-10-8-16-36(41)37-27-25-34(28-42(37)47)48(32-13-4-3-5-14-32)33-23-20-31(21-24-33)40-29-44-46(39-17-9-11-19-43(39)49-44)45-35-15-7-6-12-30(35)22-26-38(40)45;1-3-12-30(13-4-1)31-22-25-35(26-23-31)45(34-16-5-2-6-17-34)36-18-11-15-33(28-36)40-29-42-44(39-20-9-10-21-41(39)46-42)43-37-19-8-7-14-32(37)24-27-38(40)43;1-3-14-29(15-4-1)43(30-16-5-2-6-17-30)38-26-25-33(32-19-9-10-20-34(32)38)37-27-40-42(36-21-11-12-22-39(36)44-40)41-31-18-8-7-13-28(31)23-24-35(37)41/h3-29H,1-2H3;1-29H;1-27H. The molecule has 1 aliphatic carbocycles. The van der Waals surface area contributed by atoms with Gasteiger partial charge in [-0.2, -0.15) is 0 Å². The Bertz CT molecular complexity index is 9440. The summed E-state index contributed by atoms with van der Waals surface area (Å²) in [4.78, 5) is 7.05. The van der Waals surface area contributed by atoms with Crippen molar-refractivity contribution in [2.24, 2.45) is 0 Å². The third-order valence-corrected chi connectivity index (χ3v) is 28.5. The summed E-state index contributed by atoms with van der Waals surface area (Å²) in [6.45, 7) is 4.69. The average Bonchev–Trinajstić information content (AvgIpc) is 1.66. The molecule has 0 unspecified atom stereocenters. The molecule has 0 fully saturated rings. The number of hydrogen-bond acceptors (Lipinski definition) is 6. The Morgan fingerprint density at radius 3 is 0.964 bits per heavy atom. The first kappa shape index (κ1) is 81.6. The molecule has 0 radical (unpaired) electrons. The van der Waals surface area contributed by atoms with Crippen LogP contribution in [0.1, 0.15) is 25.0 Å². The Kier molecular flexibility index (Phi) is 19.9. The van der Waals surface area contributed by atoms with E-state index in [1.165, 1.54) is 142 Å². The number of hydrogen-bond donors (Lipinski definition) is 0. The van der Waals surface area contributed by atoms with E-state index < -0.39 is 0 Å². The lowest BCUT2D eigenvalue weighted by atomic mass is 9.82. The number of nitrogens with zero attached hydrogens (tertiary/aromatic N) is 3. The van der Waals surface area contributed by atoms with E-state index in [9.17, 15) is 0 Å². The number of para-hydroxylation sites is 7. The quantitative estimate of drug-likeness (QED) is 0.107. The predicted molar refractivity (Wildman–Crippen MR) is 587 cm³/mol. The van der Waals surface area contributed by atoms with Gasteiger partial charge in [-0.3, -0.25) is 0 Å². The first-order chi connectivity index (χ1) is 68.7. The number of anilines is 9. The third-order valence-electron chi connectivity index (χ3n) is 28.5. The Morgan fingerprint density at radius 2 is 0.482 bits per heavy atom. The summed E-state index contributed by atoms with van der Waals surface area (Å²) in [7, 11) is 0. The van der Waals surface area contributed by atoms with Gasteiger partial charge < -0.3 is 28.0 Å². The smallest absolute Gasteiger partial charge is 0.136 e. The van der Waals surface area contributed by atoms with Crippen LogP contribution in [0.5, 0.6) is 0 Å². The zero-order chi connectivity index (χ0) is 92.2. The van der Waals surface area contributed by atoms with Gasteiger partial charge in [0, 0.05) is 105 Å². The van der Waals surface area contributed by atoms with Crippen LogP contribution in [0.2, 0.25) is 0 Å². The van der Waals surface area contributed by atoms with Crippen molar-refractivity contribution >= 4 is 192 Å². The molecule has 28 rings (SSSR count). The van der Waals surface area contributed by atoms with Crippen LogP contribution in [0.3, 0.4) is 0 Å². The first-order valence-corrected chi connectivity index (χ1v) is 47.7. The Hall–Kier alpha value is -18.1. The summed E-state index contributed by atoms with van der Waals surface area (Å²) < 4.78 is 19.6. The predicted octanol–water partition coefficient (Wildman–Crippen LogP) is 38.2. The molecule has 654 valence electrons. The molecule has 24 aromatic carbocycles. The minimum atomic E-state index is -0.0747. The summed E-state index contributed by atoms with van der Waals surface area (Å²) in [5.74, 6) is 0. The number of furan rings is 3. The van der Waals surface area contributed by atoms with Crippen molar-refractivity contribution in [3.63, 3.8) is 0 Å². The zero-order valence-corrected chi connectivity index (χ0v) is 76.5. The van der Waals surface area contributed by atoms with Gasteiger partial charge in [-0.15, -0.1) is 0 Å². The monoisotopic (exact) mass is 1780 g/mol. The van der Waals surface area contributed by atoms with E-state index in [-0.39, 0.29) is 5.41 Å². The van der Waals surface area contributed by atoms with Crippen molar-refractivity contribution in [1.29, 1.82) is 0 Å². The molecule has 0 atom stereocenters. The summed E-state index contributed by atoms with van der Waals surface area (Å²) in [6.07, 6.45) is 0. The van der Waals surface area contributed by atoms with E-state index in [1.54, 1.807) is 0 Å². The van der Waals surface area contributed by atoms with Gasteiger partial charge in [-0.05, 0) is 260 Å². The van der Waals surface area contributed by atoms with E-state index in [2.05, 4.69) is 514 Å². The highest BCUT2D eigenvalue weighted by molar-refractivity contribution is 6.33. The minimum absolute atomic E-state index is 0.0747. The van der Waals surface area contributed by atoms with Crippen LogP contribution >= 0.6 is 0 Å². The summed E-state index contributed by atoms with van der Waals surface area (Å²) in [6, 6.07) is 180. The lowest BCUT2D eigenvalue weighted by Crippen LogP contribution is -2.16. The SMILES string of the molecule is CC1(C)c2ccccc2-c2ccc(N(c3ccccc3)c3ccc(-c4cc5oc6ccccc6c5c5c4ccc4ccccc45)cc3)cc21.c1ccc(-c2ccc(N(c3ccccc3)c3cccc(-c4cc5oc6ccccc6c5c5c4ccc4ccccc45)c3)cc2)cc1.c1ccc(N(c2ccccc2)c2ccc(-c3cc4oc5ccccc5c4c4c3ccc3ccccc34)c3ccccc23)cc1. The van der Waals surface area contributed by atoms with Gasteiger partial charge in [0.05, 0.1) is 5.69 Å². The van der Waals surface area contributed by atoms with Crippen LogP contribution in [-0.2, 0) is 5.41 Å². The molecule has 6 nitrogen and oxygen atoms in total. The van der Waals surface area contributed by atoms with Gasteiger partial charge in [0.1, 0.15) is 33.5 Å². The normalized spacial score (nSPS) is 12.2. The van der Waals surface area contributed by atoms with Crippen molar-refractivity contribution in [2.45, 2.75) is 19.3 Å². The molecule has 3 heterocycles. The van der Waals surface area contributed by atoms with Crippen molar-refractivity contribution in [3.05, 3.63) is 515 Å². The molecule has 0 bridgehead atoms. The lowest BCUT2D eigenvalue weighted by Gasteiger charge is -2.28. The van der Waals surface area contributed by atoms with Crippen LogP contribution in [0.15, 0.2) is 517 Å². The largest absolute Gasteiger partial charge is 0.456 e. The molecule has 139 heavy (non-hydrogen) atoms. The summed E-state index contributed by atoms with van der Waals surface area (Å²) >= 11 is 0. The van der Waals surface area contributed by atoms with Crippen molar-refractivity contribution in [1.82, 2.24) is 0 Å². The van der Waals surface area contributed by atoms with E-state index in [0.717, 1.165) is 118 Å². The molecule has 0 aliphatic heterocycles. The maximum absolute atomic E-state index is 6.55. The molecule has 3 aromatic heterocycles. The maximum atomic E-state index is 6.55. The van der Waals surface area contributed by atoms with Gasteiger partial charge in [-0.25, -0.2) is 0 Å². The second kappa shape index (κ2) is 33.8. The van der Waals surface area contributed by atoms with Gasteiger partial charge in [0.25, 0.3) is 0 Å². The van der Waals surface area contributed by atoms with Crippen molar-refractivity contribution in [3.8, 4) is 55.6 Å². The Labute approximate surface area is 804 Å². The number of benzene rings is 24. The molecule has 0 amide bonds. The summed E-state index contributed by atoms with van der Waals surface area (Å²) in [5, 5.41) is 24.2. The van der Waals surface area contributed by atoms with E-state index in [4.69, 9.17) is 13.3 Å². The number of rotatable bonds is 13. The molecule has 0 spiro atoms. The molecule has 27 aromatic rings. The highest BCUT2D eigenvalue weighted by atomic mass is 16.3. The van der Waals surface area contributed by atoms with E-state index >= 15 is 0 Å². The fraction of sp³-hybridized carbons (Fsp3) is 0.0226. The highest BCUT2D eigenvalue weighted by Gasteiger charge is 2.36. The molecule has 0 saturated carbocycles. The first-order valence-electron chi connectivity index (χ1n) is 47.7. The van der Waals surface area contributed by atoms with E-state index in [1.807, 2.05) is 18.2 Å². The second-order valence-electron chi connectivity index (χ2n) is 36.8. The van der Waals surface area contributed by atoms with Crippen molar-refractivity contribution in [2.75, 3.05) is 14.7 Å². The molecule has 0 saturated heterocycles. The van der Waals surface area contributed by atoms with Crippen LogP contribution in [0, 0.1) is 0 Å². The zero-order valence-electron chi connectivity index (χ0n) is 76.5. The lowest BCUT2D eigenvalue weighted by molar-refractivity contribution is 0.660. The second-order valence-corrected chi connectivity index (χ2v) is 36.8. The van der Waals surface area contributed by atoms with Gasteiger partial charge >= 0.3 is 0 Å². The van der Waals surface area contributed by atoms with Gasteiger partial charge in [0.15, 0.2) is 0 Å². The fourth-order valence-electron chi connectivity index (χ4n) is 22.1. The highest BCUT2D eigenvalue weighted by Crippen LogP contribution is 2.54. The summed E-state index contributed by atoms with van der Waals surface area (Å²) in [5.41, 5.74) is 30.3. The minimum Gasteiger partial charge on any atom is -0.456 e. The van der Waals surface area contributed by atoms with E-state index in [0.29, 0.717) is 0 Å². The molecular weight excluding hydrogens is 1690 g/mol. The molecular formula is C133H89N3O3. The topological polar surface area (TPSA) is 49.1 Å². The van der Waals surface area contributed by atoms with Gasteiger partial charge in [-0.1, -0.05) is 378 Å². The third kappa shape index (κ3) is 14.0. The van der Waals surface area contributed by atoms with Crippen LogP contribution < -0.4 is 14.7 Å². The molecule has 6 heteroatoms. The molecule has 0 N–H and O–H groups in total. The van der Waals surface area contributed by atoms with Crippen LogP contribution in [-0.4, -0.2) is 0 Å². The Morgan fingerprint density at radius 1 is 0.158 bits per heavy atom. The number of fused-ring (bicyclic) bond motifs is 25. The average molecular weight is 1780 g/mol.